The number of hydrogen-bond acceptors (Lipinski definition) is 6. The lowest BCUT2D eigenvalue weighted by molar-refractivity contribution is -0.138. The third kappa shape index (κ3) is 4.36. The van der Waals surface area contributed by atoms with E-state index in [1.54, 1.807) is 0 Å². The van der Waals surface area contributed by atoms with Crippen LogP contribution >= 0.6 is 0 Å². The van der Waals surface area contributed by atoms with Crippen molar-refractivity contribution >= 4 is 18.0 Å². The Morgan fingerprint density at radius 3 is 2.35 bits per heavy atom. The Labute approximate surface area is 195 Å². The molecule has 2 aromatic carbocycles. The van der Waals surface area contributed by atoms with Gasteiger partial charge in [0, 0.05) is 18.5 Å². The van der Waals surface area contributed by atoms with Gasteiger partial charge in [0.15, 0.2) is 11.5 Å². The third-order valence-electron chi connectivity index (χ3n) is 6.31. The summed E-state index contributed by atoms with van der Waals surface area (Å²) in [5, 5.41) is 17.9. The van der Waals surface area contributed by atoms with E-state index < -0.39 is 23.9 Å². The molecule has 3 N–H and O–H groups in total. The molecule has 9 heteroatoms. The number of nitrogens with zero attached hydrogens (tertiary/aromatic N) is 1. The Morgan fingerprint density at radius 1 is 1.03 bits per heavy atom. The van der Waals surface area contributed by atoms with E-state index in [-0.39, 0.29) is 37.2 Å². The molecule has 0 spiro atoms. The monoisotopic (exact) mass is 461 g/mol. The van der Waals surface area contributed by atoms with Gasteiger partial charge >= 0.3 is 12.1 Å². The number of carboxylic acids is 1. The molecule has 174 valence electrons. The predicted molar refractivity (Wildman–Crippen MR) is 120 cm³/mol. The van der Waals surface area contributed by atoms with Crippen molar-refractivity contribution in [3.8, 4) is 11.1 Å². The number of alkyl carbamates (subject to hydrolysis) is 1. The van der Waals surface area contributed by atoms with Crippen molar-refractivity contribution < 1.29 is 28.8 Å². The van der Waals surface area contributed by atoms with Gasteiger partial charge in [0.2, 0.25) is 0 Å². The molecule has 0 bridgehead atoms. The summed E-state index contributed by atoms with van der Waals surface area (Å²) in [5.41, 5.74) is 4.63. The number of nitrogens with one attached hydrogen (secondary N) is 2. The smallest absolute Gasteiger partial charge is 0.407 e. The largest absolute Gasteiger partial charge is 0.481 e. The molecule has 2 atom stereocenters. The van der Waals surface area contributed by atoms with Crippen molar-refractivity contribution in [2.75, 3.05) is 13.2 Å². The summed E-state index contributed by atoms with van der Waals surface area (Å²) < 4.78 is 10.6. The predicted octanol–water partition coefficient (Wildman–Crippen LogP) is 3.16. The molecule has 5 rings (SSSR count). The molecule has 0 saturated heterocycles. The average Bonchev–Trinajstić information content (AvgIpc) is 3.36. The number of fused-ring (bicyclic) bond motifs is 3. The van der Waals surface area contributed by atoms with E-state index in [2.05, 4.69) is 27.9 Å². The molecule has 34 heavy (non-hydrogen) atoms. The minimum Gasteiger partial charge on any atom is -0.481 e. The van der Waals surface area contributed by atoms with Gasteiger partial charge in [-0.15, -0.1) is 0 Å². The van der Waals surface area contributed by atoms with Crippen molar-refractivity contribution in [2.45, 2.75) is 18.9 Å². The SMILES string of the molecule is O=C(NCc1cc(C(=O)NC[C@H]2C[C@H]2C(=O)O)no1)OCC1c2ccccc2-c2ccccc21. The van der Waals surface area contributed by atoms with Crippen LogP contribution in [0.5, 0.6) is 0 Å². The third-order valence-corrected chi connectivity index (χ3v) is 6.31. The molecule has 0 radical (unpaired) electrons. The number of amides is 2. The summed E-state index contributed by atoms with van der Waals surface area (Å²) in [6, 6.07) is 17.6. The maximum absolute atomic E-state index is 12.3. The number of ether oxygens (including phenoxy) is 1. The molecule has 1 heterocycles. The van der Waals surface area contributed by atoms with Gasteiger partial charge in [-0.25, -0.2) is 4.79 Å². The Hall–Kier alpha value is -4.14. The number of rotatable bonds is 8. The summed E-state index contributed by atoms with van der Waals surface area (Å²) in [5.74, 6) is -1.48. The summed E-state index contributed by atoms with van der Waals surface area (Å²) >= 11 is 0. The second-order valence-electron chi connectivity index (χ2n) is 8.51. The lowest BCUT2D eigenvalue weighted by atomic mass is 9.98. The van der Waals surface area contributed by atoms with Gasteiger partial charge in [0.05, 0.1) is 12.5 Å². The van der Waals surface area contributed by atoms with Gasteiger partial charge in [-0.2, -0.15) is 0 Å². The topological polar surface area (TPSA) is 131 Å². The molecule has 9 nitrogen and oxygen atoms in total. The van der Waals surface area contributed by atoms with Gasteiger partial charge in [-0.05, 0) is 34.6 Å². The second-order valence-corrected chi connectivity index (χ2v) is 8.51. The fourth-order valence-corrected chi connectivity index (χ4v) is 4.40. The van der Waals surface area contributed by atoms with Crippen LogP contribution in [0.3, 0.4) is 0 Å². The number of hydrogen-bond donors (Lipinski definition) is 3. The van der Waals surface area contributed by atoms with Crippen molar-refractivity contribution in [2.24, 2.45) is 11.8 Å². The van der Waals surface area contributed by atoms with Crippen LogP contribution in [0.25, 0.3) is 11.1 Å². The molecule has 0 unspecified atom stereocenters. The highest BCUT2D eigenvalue weighted by molar-refractivity contribution is 5.92. The van der Waals surface area contributed by atoms with E-state index in [9.17, 15) is 14.4 Å². The number of aromatic nitrogens is 1. The fourth-order valence-electron chi connectivity index (χ4n) is 4.40. The molecule has 2 amide bonds. The fraction of sp³-hybridized carbons (Fsp3) is 0.280. The molecular formula is C25H23N3O6. The first-order valence-corrected chi connectivity index (χ1v) is 11.1. The van der Waals surface area contributed by atoms with Gasteiger partial charge in [-0.1, -0.05) is 53.7 Å². The summed E-state index contributed by atoms with van der Waals surface area (Å²) in [6.07, 6.45) is -0.0401. The normalized spacial score (nSPS) is 18.0. The first kappa shape index (κ1) is 21.7. The van der Waals surface area contributed by atoms with Crippen LogP contribution in [0.4, 0.5) is 4.79 Å². The number of benzene rings is 2. The maximum atomic E-state index is 12.3. The van der Waals surface area contributed by atoms with Crippen LogP contribution in [-0.4, -0.2) is 41.4 Å². The zero-order valence-electron chi connectivity index (χ0n) is 18.2. The number of carbonyl (C=O) groups is 3. The van der Waals surface area contributed by atoms with Crippen LogP contribution in [0, 0.1) is 11.8 Å². The van der Waals surface area contributed by atoms with Crippen molar-refractivity contribution in [1.82, 2.24) is 15.8 Å². The lowest BCUT2D eigenvalue weighted by Gasteiger charge is -2.14. The number of carboxylic acid groups (broad SMARTS) is 1. The van der Waals surface area contributed by atoms with Crippen LogP contribution in [-0.2, 0) is 16.1 Å². The van der Waals surface area contributed by atoms with Gasteiger partial charge < -0.3 is 25.0 Å². The van der Waals surface area contributed by atoms with E-state index in [1.807, 2.05) is 36.4 Å². The van der Waals surface area contributed by atoms with Gasteiger partial charge in [-0.3, -0.25) is 9.59 Å². The van der Waals surface area contributed by atoms with Crippen LogP contribution in [0.15, 0.2) is 59.1 Å². The number of aliphatic carboxylic acids is 1. The van der Waals surface area contributed by atoms with E-state index in [4.69, 9.17) is 14.4 Å². The summed E-state index contributed by atoms with van der Waals surface area (Å²) in [7, 11) is 0. The second kappa shape index (κ2) is 9.01. The molecular weight excluding hydrogens is 438 g/mol. The number of carbonyl (C=O) groups excluding carboxylic acids is 2. The molecule has 1 fully saturated rings. The molecule has 2 aliphatic rings. The van der Waals surface area contributed by atoms with Gasteiger partial charge in [0.1, 0.15) is 6.61 Å². The van der Waals surface area contributed by atoms with E-state index >= 15 is 0 Å². The summed E-state index contributed by atoms with van der Waals surface area (Å²) in [6.45, 7) is 0.485. The first-order chi connectivity index (χ1) is 16.5. The van der Waals surface area contributed by atoms with E-state index in [1.165, 1.54) is 6.07 Å². The lowest BCUT2D eigenvalue weighted by Crippen LogP contribution is -2.27. The van der Waals surface area contributed by atoms with E-state index in [0.717, 1.165) is 22.3 Å². The molecule has 3 aromatic rings. The highest BCUT2D eigenvalue weighted by Crippen LogP contribution is 2.44. The van der Waals surface area contributed by atoms with E-state index in [0.29, 0.717) is 12.2 Å². The first-order valence-electron chi connectivity index (χ1n) is 11.1. The van der Waals surface area contributed by atoms with Crippen molar-refractivity contribution in [1.29, 1.82) is 0 Å². The van der Waals surface area contributed by atoms with Crippen molar-refractivity contribution in [3.63, 3.8) is 0 Å². The Bertz CT molecular complexity index is 1210. The Kier molecular flexibility index (Phi) is 5.75. The highest BCUT2D eigenvalue weighted by Gasteiger charge is 2.43. The van der Waals surface area contributed by atoms with Crippen LogP contribution in [0.1, 0.15) is 39.7 Å². The van der Waals surface area contributed by atoms with Crippen LogP contribution < -0.4 is 10.6 Å². The molecule has 1 saturated carbocycles. The zero-order valence-corrected chi connectivity index (χ0v) is 18.2. The minimum atomic E-state index is -0.845. The average molecular weight is 461 g/mol. The van der Waals surface area contributed by atoms with Gasteiger partial charge in [0.25, 0.3) is 5.91 Å². The maximum Gasteiger partial charge on any atom is 0.407 e. The Balaban J connectivity index is 1.11. The van der Waals surface area contributed by atoms with Crippen LogP contribution in [0.2, 0.25) is 0 Å². The molecule has 0 aliphatic heterocycles. The summed E-state index contributed by atoms with van der Waals surface area (Å²) in [4.78, 5) is 35.3. The van der Waals surface area contributed by atoms with Crippen molar-refractivity contribution in [3.05, 3.63) is 77.2 Å². The standard InChI is InChI=1S/C25H23N3O6/c29-23(26-11-14-9-20(14)24(30)31)22-10-15(34-28-22)12-27-25(32)33-13-21-18-7-3-1-5-16(18)17-6-2-4-8-19(17)21/h1-8,10,14,20-21H,9,11-13H2,(H,26,29)(H,27,32)(H,30,31)/t14-,20-/m1/s1. The Morgan fingerprint density at radius 2 is 1.71 bits per heavy atom. The molecule has 1 aromatic heterocycles. The quantitative estimate of drug-likeness (QED) is 0.470. The molecule has 2 aliphatic carbocycles. The zero-order chi connectivity index (χ0) is 23.7. The highest BCUT2D eigenvalue weighted by atomic mass is 16.5. The minimum absolute atomic E-state index is 0.0146.